The van der Waals surface area contributed by atoms with Gasteiger partial charge in [0.05, 0.1) is 10.9 Å². The van der Waals surface area contributed by atoms with Crippen molar-refractivity contribution in [1.82, 2.24) is 9.62 Å². The van der Waals surface area contributed by atoms with Crippen molar-refractivity contribution < 1.29 is 13.2 Å². The largest absolute Gasteiger partial charge is 0.325 e. The zero-order valence-electron chi connectivity index (χ0n) is 14.0. The van der Waals surface area contributed by atoms with Crippen LogP contribution in [0.25, 0.3) is 0 Å². The van der Waals surface area contributed by atoms with Crippen LogP contribution in [0.4, 0.5) is 5.69 Å². The third-order valence-electron chi connectivity index (χ3n) is 4.77. The second kappa shape index (κ2) is 7.21. The summed E-state index contributed by atoms with van der Waals surface area (Å²) in [7, 11) is -3.50. The summed E-state index contributed by atoms with van der Waals surface area (Å²) in [6.45, 7) is 3.79. The predicted octanol–water partition coefficient (Wildman–Crippen LogP) is 1.86. The van der Waals surface area contributed by atoms with Crippen LogP contribution in [0.15, 0.2) is 23.1 Å². The molecule has 2 aliphatic heterocycles. The zero-order valence-corrected chi connectivity index (χ0v) is 14.9. The minimum Gasteiger partial charge on any atom is -0.325 e. The molecule has 1 aromatic rings. The number of piperidine rings is 1. The number of benzene rings is 1. The van der Waals surface area contributed by atoms with Crippen LogP contribution < -0.4 is 10.6 Å². The van der Waals surface area contributed by atoms with Crippen molar-refractivity contribution in [3.05, 3.63) is 23.8 Å². The number of rotatable bonds is 4. The molecule has 2 aliphatic rings. The van der Waals surface area contributed by atoms with Crippen molar-refractivity contribution in [2.75, 3.05) is 25.0 Å². The Balaban J connectivity index is 1.81. The van der Waals surface area contributed by atoms with Crippen LogP contribution in [0.3, 0.4) is 0 Å². The Bertz CT molecular complexity index is 706. The lowest BCUT2D eigenvalue weighted by Crippen LogP contribution is -2.36. The zero-order chi connectivity index (χ0) is 17.2. The molecule has 2 fully saturated rings. The maximum Gasteiger partial charge on any atom is 0.243 e. The van der Waals surface area contributed by atoms with E-state index in [1.54, 1.807) is 29.4 Å². The van der Waals surface area contributed by atoms with Crippen LogP contribution in [-0.2, 0) is 14.8 Å². The molecular formula is C17H25N3O3S. The highest BCUT2D eigenvalue weighted by Gasteiger charge is 2.28. The molecule has 0 aliphatic carbocycles. The lowest BCUT2D eigenvalue weighted by atomic mass is 10.2. The van der Waals surface area contributed by atoms with Gasteiger partial charge in [-0.1, -0.05) is 12.5 Å². The Labute approximate surface area is 143 Å². The van der Waals surface area contributed by atoms with Crippen LogP contribution in [0.1, 0.15) is 37.7 Å². The Kier molecular flexibility index (Phi) is 5.22. The second-order valence-electron chi connectivity index (χ2n) is 6.58. The van der Waals surface area contributed by atoms with E-state index in [4.69, 9.17) is 0 Å². The molecule has 2 saturated heterocycles. The van der Waals surface area contributed by atoms with Gasteiger partial charge in [-0.2, -0.15) is 4.31 Å². The Morgan fingerprint density at radius 2 is 1.96 bits per heavy atom. The molecular weight excluding hydrogens is 326 g/mol. The topological polar surface area (TPSA) is 78.5 Å². The van der Waals surface area contributed by atoms with E-state index >= 15 is 0 Å². The number of nitrogens with one attached hydrogen (secondary N) is 2. The van der Waals surface area contributed by atoms with Crippen LogP contribution in [0.5, 0.6) is 0 Å². The number of hydrogen-bond acceptors (Lipinski definition) is 4. The minimum absolute atomic E-state index is 0.0994. The number of aryl methyl sites for hydroxylation is 1. The molecule has 0 saturated carbocycles. The highest BCUT2D eigenvalue weighted by atomic mass is 32.2. The molecule has 1 unspecified atom stereocenters. The highest BCUT2D eigenvalue weighted by molar-refractivity contribution is 7.89. The summed E-state index contributed by atoms with van der Waals surface area (Å²) < 4.78 is 27.4. The molecule has 0 bridgehead atoms. The first-order chi connectivity index (χ1) is 11.5. The van der Waals surface area contributed by atoms with E-state index in [1.165, 1.54) is 0 Å². The van der Waals surface area contributed by atoms with E-state index in [-0.39, 0.29) is 11.9 Å². The lowest BCUT2D eigenvalue weighted by Gasteiger charge is -2.26. The number of sulfonamides is 1. The maximum absolute atomic E-state index is 12.9. The van der Waals surface area contributed by atoms with E-state index in [0.717, 1.165) is 38.6 Å². The molecule has 7 heteroatoms. The quantitative estimate of drug-likeness (QED) is 0.868. The van der Waals surface area contributed by atoms with Crippen LogP contribution in [-0.4, -0.2) is 44.3 Å². The molecule has 0 aromatic heterocycles. The number of carbonyl (C=O) groups is 1. The molecule has 3 rings (SSSR count). The standard InChI is InChI=1S/C17H25N3O3S/c1-13-7-8-14(19-17(21)15-6-5-9-18-15)12-16(13)24(22,23)20-10-3-2-4-11-20/h7-8,12,15,18H,2-6,9-11H2,1H3,(H,19,21). The smallest absolute Gasteiger partial charge is 0.243 e. The van der Waals surface area contributed by atoms with Crippen molar-refractivity contribution in [3.8, 4) is 0 Å². The summed E-state index contributed by atoms with van der Waals surface area (Å²) in [4.78, 5) is 12.5. The number of nitrogens with zero attached hydrogens (tertiary/aromatic N) is 1. The van der Waals surface area contributed by atoms with Gasteiger partial charge in [-0.15, -0.1) is 0 Å². The van der Waals surface area contributed by atoms with Crippen molar-refractivity contribution in [2.45, 2.75) is 50.0 Å². The molecule has 1 atom stereocenters. The van der Waals surface area contributed by atoms with Gasteiger partial charge in [-0.05, 0) is 56.8 Å². The summed E-state index contributed by atoms with van der Waals surface area (Å²) >= 11 is 0. The van der Waals surface area contributed by atoms with E-state index in [0.29, 0.717) is 29.2 Å². The Morgan fingerprint density at radius 3 is 2.62 bits per heavy atom. The Morgan fingerprint density at radius 1 is 1.21 bits per heavy atom. The van der Waals surface area contributed by atoms with Crippen molar-refractivity contribution >= 4 is 21.6 Å². The summed E-state index contributed by atoms with van der Waals surface area (Å²) in [6, 6.07) is 4.92. The SMILES string of the molecule is Cc1ccc(NC(=O)C2CCCN2)cc1S(=O)(=O)N1CCCCC1. The summed E-state index contributed by atoms with van der Waals surface area (Å²) in [5, 5.41) is 5.99. The van der Waals surface area contributed by atoms with Gasteiger partial charge in [0.15, 0.2) is 0 Å². The van der Waals surface area contributed by atoms with Gasteiger partial charge in [0, 0.05) is 18.8 Å². The second-order valence-corrected chi connectivity index (χ2v) is 8.49. The van der Waals surface area contributed by atoms with Crippen molar-refractivity contribution in [3.63, 3.8) is 0 Å². The van der Waals surface area contributed by atoms with Gasteiger partial charge in [-0.25, -0.2) is 8.42 Å². The molecule has 0 spiro atoms. The van der Waals surface area contributed by atoms with Gasteiger partial charge in [0.25, 0.3) is 0 Å². The van der Waals surface area contributed by atoms with Gasteiger partial charge >= 0.3 is 0 Å². The Hall–Kier alpha value is -1.44. The molecule has 0 radical (unpaired) electrons. The number of amides is 1. The summed E-state index contributed by atoms with van der Waals surface area (Å²) in [5.41, 5.74) is 1.24. The van der Waals surface area contributed by atoms with Gasteiger partial charge in [0.1, 0.15) is 0 Å². The van der Waals surface area contributed by atoms with Crippen LogP contribution >= 0.6 is 0 Å². The fourth-order valence-electron chi connectivity index (χ4n) is 3.34. The average Bonchev–Trinajstić information content (AvgIpc) is 3.12. The molecule has 2 N–H and O–H groups in total. The number of carbonyl (C=O) groups excluding carboxylic acids is 1. The number of anilines is 1. The minimum atomic E-state index is -3.50. The molecule has 2 heterocycles. The summed E-state index contributed by atoms with van der Waals surface area (Å²) in [6.07, 6.45) is 4.69. The molecule has 132 valence electrons. The molecule has 24 heavy (non-hydrogen) atoms. The average molecular weight is 351 g/mol. The molecule has 1 aromatic carbocycles. The first-order valence-corrected chi connectivity index (χ1v) is 10.1. The molecule has 1 amide bonds. The highest BCUT2D eigenvalue weighted by Crippen LogP contribution is 2.26. The first-order valence-electron chi connectivity index (χ1n) is 8.63. The monoisotopic (exact) mass is 351 g/mol. The first kappa shape index (κ1) is 17.4. The van der Waals surface area contributed by atoms with Crippen LogP contribution in [0, 0.1) is 6.92 Å². The number of hydrogen-bond donors (Lipinski definition) is 2. The summed E-state index contributed by atoms with van der Waals surface area (Å²) in [5.74, 6) is -0.0994. The van der Waals surface area contributed by atoms with Crippen molar-refractivity contribution in [1.29, 1.82) is 0 Å². The van der Waals surface area contributed by atoms with E-state index in [1.807, 2.05) is 0 Å². The lowest BCUT2D eigenvalue weighted by molar-refractivity contribution is -0.117. The maximum atomic E-state index is 12.9. The van der Waals surface area contributed by atoms with E-state index < -0.39 is 10.0 Å². The fraction of sp³-hybridized carbons (Fsp3) is 0.588. The van der Waals surface area contributed by atoms with E-state index in [2.05, 4.69) is 10.6 Å². The molecule has 6 nitrogen and oxygen atoms in total. The van der Waals surface area contributed by atoms with Crippen LogP contribution in [0.2, 0.25) is 0 Å². The van der Waals surface area contributed by atoms with Gasteiger partial charge in [-0.3, -0.25) is 4.79 Å². The predicted molar refractivity (Wildman–Crippen MR) is 93.4 cm³/mol. The van der Waals surface area contributed by atoms with Gasteiger partial charge < -0.3 is 10.6 Å². The van der Waals surface area contributed by atoms with Gasteiger partial charge in [0.2, 0.25) is 15.9 Å². The third-order valence-corrected chi connectivity index (χ3v) is 6.81. The van der Waals surface area contributed by atoms with Crippen molar-refractivity contribution in [2.24, 2.45) is 0 Å². The fourth-order valence-corrected chi connectivity index (χ4v) is 5.11. The third kappa shape index (κ3) is 3.63. The normalized spacial score (nSPS) is 22.5. The van der Waals surface area contributed by atoms with E-state index in [9.17, 15) is 13.2 Å².